The summed E-state index contributed by atoms with van der Waals surface area (Å²) in [5.74, 6) is -1.87. The summed E-state index contributed by atoms with van der Waals surface area (Å²) < 4.78 is 5.13. The van der Waals surface area contributed by atoms with Gasteiger partial charge in [0.2, 0.25) is 0 Å². The monoisotopic (exact) mass is 393 g/mol. The van der Waals surface area contributed by atoms with Crippen molar-refractivity contribution in [2.75, 3.05) is 19.0 Å². The van der Waals surface area contributed by atoms with E-state index in [1.165, 1.54) is 25.4 Å². The number of carbonyl (C=O) groups excluding carboxylic acids is 2. The predicted molar refractivity (Wildman–Crippen MR) is 108 cm³/mol. The molecule has 3 N–H and O–H groups in total. The Morgan fingerprint density at radius 2 is 1.76 bits per heavy atom. The Labute approximate surface area is 166 Å². The number of hydrogen-bond donors (Lipinski definition) is 3. The molecule has 1 aromatic heterocycles. The molecular formula is C21H19N3O5. The molecular weight excluding hydrogens is 374 g/mol. The minimum atomic E-state index is -1.03. The van der Waals surface area contributed by atoms with E-state index in [4.69, 9.17) is 9.84 Å². The van der Waals surface area contributed by atoms with Gasteiger partial charge in [-0.05, 0) is 49.4 Å². The average Bonchev–Trinajstić information content (AvgIpc) is 2.73. The van der Waals surface area contributed by atoms with E-state index < -0.39 is 11.9 Å². The average molecular weight is 393 g/mol. The number of carboxylic acid groups (broad SMARTS) is 1. The summed E-state index contributed by atoms with van der Waals surface area (Å²) in [5, 5.41) is 15.3. The number of hydrogen-bond acceptors (Lipinski definition) is 6. The highest BCUT2D eigenvalue weighted by molar-refractivity contribution is 6.08. The zero-order valence-corrected chi connectivity index (χ0v) is 15.9. The van der Waals surface area contributed by atoms with Crippen LogP contribution in [0.5, 0.6) is 0 Å². The minimum absolute atomic E-state index is 0.141. The van der Waals surface area contributed by atoms with Crippen LogP contribution in [0.3, 0.4) is 0 Å². The van der Waals surface area contributed by atoms with Gasteiger partial charge in [-0.15, -0.1) is 0 Å². The van der Waals surface area contributed by atoms with Crippen molar-refractivity contribution in [1.82, 2.24) is 10.3 Å². The van der Waals surface area contributed by atoms with Crippen LogP contribution in [0.1, 0.15) is 38.0 Å². The van der Waals surface area contributed by atoms with E-state index >= 15 is 0 Å². The predicted octanol–water partition coefficient (Wildman–Crippen LogP) is 3.21. The Morgan fingerprint density at radius 1 is 1.07 bits per heavy atom. The summed E-state index contributed by atoms with van der Waals surface area (Å²) in [5.41, 5.74) is 2.32. The molecule has 0 unspecified atom stereocenters. The summed E-state index contributed by atoms with van der Waals surface area (Å²) in [6.07, 6.45) is 1.41. The zero-order chi connectivity index (χ0) is 21.0. The first-order valence-electron chi connectivity index (χ1n) is 8.87. The van der Waals surface area contributed by atoms with Crippen LogP contribution in [0, 0.1) is 0 Å². The number of ether oxygens (including phenoxy) is 1. The van der Waals surface area contributed by atoms with Crippen LogP contribution in [-0.2, 0) is 4.74 Å². The number of nitrogens with one attached hydrogen (secondary N) is 2. The van der Waals surface area contributed by atoms with Gasteiger partial charge in [0, 0.05) is 29.9 Å². The summed E-state index contributed by atoms with van der Waals surface area (Å²) in [6.45, 7) is 1.90. The fourth-order valence-electron chi connectivity index (χ4n) is 2.82. The summed E-state index contributed by atoms with van der Waals surface area (Å²) in [6, 6.07) is 11.1. The number of amides is 1. The van der Waals surface area contributed by atoms with Crippen molar-refractivity contribution in [3.8, 4) is 0 Å². The van der Waals surface area contributed by atoms with E-state index in [1.807, 2.05) is 0 Å². The molecule has 2 aromatic carbocycles. The van der Waals surface area contributed by atoms with Crippen molar-refractivity contribution < 1.29 is 24.2 Å². The number of nitrogens with zero attached hydrogens (tertiary/aromatic N) is 1. The first-order chi connectivity index (χ1) is 13.9. The lowest BCUT2D eigenvalue weighted by atomic mass is 10.1. The Bertz CT molecular complexity index is 1090. The van der Waals surface area contributed by atoms with Gasteiger partial charge in [-0.25, -0.2) is 9.59 Å². The molecule has 0 bridgehead atoms. The standard InChI is InChI=1S/C21H19N3O5/c1-3-29-21(28)16-11-23-17-9-6-13(19(25)22-2)10-15(17)18(16)24-14-7-4-12(5-8-14)20(26)27/h4-11H,3H2,1-2H3,(H,22,25)(H,23,24)(H,26,27). The van der Waals surface area contributed by atoms with E-state index in [2.05, 4.69) is 15.6 Å². The van der Waals surface area contributed by atoms with Crippen molar-refractivity contribution in [1.29, 1.82) is 0 Å². The van der Waals surface area contributed by atoms with Crippen LogP contribution in [0.25, 0.3) is 10.9 Å². The third-order valence-corrected chi connectivity index (χ3v) is 4.25. The summed E-state index contributed by atoms with van der Waals surface area (Å²) in [7, 11) is 1.53. The van der Waals surface area contributed by atoms with Crippen molar-refractivity contribution >= 4 is 40.1 Å². The van der Waals surface area contributed by atoms with Gasteiger partial charge in [-0.2, -0.15) is 0 Å². The van der Waals surface area contributed by atoms with E-state index in [-0.39, 0.29) is 23.6 Å². The summed E-state index contributed by atoms with van der Waals surface area (Å²) in [4.78, 5) is 39.9. The number of esters is 1. The highest BCUT2D eigenvalue weighted by Crippen LogP contribution is 2.30. The molecule has 8 heteroatoms. The lowest BCUT2D eigenvalue weighted by molar-refractivity contribution is 0.0526. The van der Waals surface area contributed by atoms with Crippen LogP contribution >= 0.6 is 0 Å². The highest BCUT2D eigenvalue weighted by atomic mass is 16.5. The number of benzene rings is 2. The molecule has 148 valence electrons. The van der Waals surface area contributed by atoms with Gasteiger partial charge in [0.15, 0.2) is 0 Å². The molecule has 0 saturated heterocycles. The quantitative estimate of drug-likeness (QED) is 0.550. The first-order valence-corrected chi connectivity index (χ1v) is 8.87. The van der Waals surface area contributed by atoms with Crippen LogP contribution in [0.15, 0.2) is 48.7 Å². The molecule has 0 atom stereocenters. The molecule has 0 saturated carbocycles. The molecule has 1 amide bonds. The maximum atomic E-state index is 12.5. The normalized spacial score (nSPS) is 10.4. The molecule has 0 aliphatic heterocycles. The maximum absolute atomic E-state index is 12.5. The zero-order valence-electron chi connectivity index (χ0n) is 15.9. The lowest BCUT2D eigenvalue weighted by Crippen LogP contribution is -2.17. The first kappa shape index (κ1) is 19.8. The number of aromatic carboxylic acids is 1. The number of anilines is 2. The van der Waals surface area contributed by atoms with Gasteiger partial charge in [0.25, 0.3) is 5.91 Å². The van der Waals surface area contributed by atoms with E-state index in [1.54, 1.807) is 37.3 Å². The number of pyridine rings is 1. The minimum Gasteiger partial charge on any atom is -0.478 e. The Morgan fingerprint density at radius 3 is 2.38 bits per heavy atom. The molecule has 0 aliphatic carbocycles. The number of rotatable bonds is 6. The SMILES string of the molecule is CCOC(=O)c1cnc2ccc(C(=O)NC)cc2c1Nc1ccc(C(=O)O)cc1. The molecule has 0 fully saturated rings. The van der Waals surface area contributed by atoms with Gasteiger partial charge in [-0.1, -0.05) is 0 Å². The van der Waals surface area contributed by atoms with E-state index in [9.17, 15) is 14.4 Å². The van der Waals surface area contributed by atoms with Crippen molar-refractivity contribution in [3.05, 3.63) is 65.4 Å². The van der Waals surface area contributed by atoms with Gasteiger partial charge in [0.1, 0.15) is 5.56 Å². The Balaban J connectivity index is 2.15. The Hall–Kier alpha value is -3.94. The third kappa shape index (κ3) is 4.16. The molecule has 3 aromatic rings. The fourth-order valence-corrected chi connectivity index (χ4v) is 2.82. The highest BCUT2D eigenvalue weighted by Gasteiger charge is 2.18. The van der Waals surface area contributed by atoms with E-state index in [0.717, 1.165) is 0 Å². The van der Waals surface area contributed by atoms with Gasteiger partial charge < -0.3 is 20.5 Å². The van der Waals surface area contributed by atoms with Gasteiger partial charge in [0.05, 0.1) is 23.4 Å². The van der Waals surface area contributed by atoms with Crippen LogP contribution in [0.2, 0.25) is 0 Å². The second-order valence-corrected chi connectivity index (χ2v) is 6.09. The van der Waals surface area contributed by atoms with Crippen LogP contribution in [-0.4, -0.2) is 41.6 Å². The van der Waals surface area contributed by atoms with Crippen molar-refractivity contribution in [2.45, 2.75) is 6.92 Å². The van der Waals surface area contributed by atoms with Crippen molar-refractivity contribution in [3.63, 3.8) is 0 Å². The molecule has 1 heterocycles. The second-order valence-electron chi connectivity index (χ2n) is 6.09. The second kappa shape index (κ2) is 8.39. The van der Waals surface area contributed by atoms with Crippen LogP contribution in [0.4, 0.5) is 11.4 Å². The molecule has 3 rings (SSSR count). The topological polar surface area (TPSA) is 118 Å². The molecule has 0 spiro atoms. The third-order valence-electron chi connectivity index (χ3n) is 4.25. The van der Waals surface area contributed by atoms with Crippen molar-refractivity contribution in [2.24, 2.45) is 0 Å². The molecule has 0 aliphatic rings. The van der Waals surface area contributed by atoms with Crippen LogP contribution < -0.4 is 10.6 Å². The lowest BCUT2D eigenvalue weighted by Gasteiger charge is -2.15. The fraction of sp³-hybridized carbons (Fsp3) is 0.143. The largest absolute Gasteiger partial charge is 0.478 e. The van der Waals surface area contributed by atoms with Gasteiger partial charge in [-0.3, -0.25) is 9.78 Å². The molecule has 29 heavy (non-hydrogen) atoms. The molecule has 0 radical (unpaired) electrons. The van der Waals surface area contributed by atoms with Gasteiger partial charge >= 0.3 is 11.9 Å². The number of carboxylic acids is 1. The summed E-state index contributed by atoms with van der Waals surface area (Å²) >= 11 is 0. The maximum Gasteiger partial charge on any atom is 0.341 e. The Kier molecular flexibility index (Phi) is 5.73. The molecule has 8 nitrogen and oxygen atoms in total. The smallest absolute Gasteiger partial charge is 0.341 e. The van der Waals surface area contributed by atoms with E-state index in [0.29, 0.717) is 27.8 Å². The number of fused-ring (bicyclic) bond motifs is 1. The number of carbonyl (C=O) groups is 3. The number of aromatic nitrogens is 1.